The summed E-state index contributed by atoms with van der Waals surface area (Å²) in [6.07, 6.45) is 4.52. The smallest absolute Gasteiger partial charge is 0.244 e. The van der Waals surface area contributed by atoms with E-state index in [1.54, 1.807) is 0 Å². The van der Waals surface area contributed by atoms with Crippen LogP contribution in [0.2, 0.25) is 0 Å². The normalized spacial score (nSPS) is 20.2. The summed E-state index contributed by atoms with van der Waals surface area (Å²) in [7, 11) is 0. The summed E-state index contributed by atoms with van der Waals surface area (Å²) < 4.78 is 0. The minimum absolute atomic E-state index is 0.00680. The number of benzene rings is 1. The van der Waals surface area contributed by atoms with E-state index in [-0.39, 0.29) is 11.9 Å². The van der Waals surface area contributed by atoms with E-state index in [9.17, 15) is 4.79 Å². The Morgan fingerprint density at radius 1 is 1.28 bits per heavy atom. The standard InChI is InChI=1S/C15H22N2O/c1-2-17(13-9-5-3-6-10-13)15(18)14-11-7-4-8-12-16-14/h3,5-6,9-10,14,16H,2,4,7-8,11-12H2,1H3. The number of rotatable bonds is 3. The first-order valence-corrected chi connectivity index (χ1v) is 6.92. The Morgan fingerprint density at radius 2 is 2.06 bits per heavy atom. The average molecular weight is 246 g/mol. The van der Waals surface area contributed by atoms with Gasteiger partial charge in [-0.05, 0) is 38.4 Å². The Balaban J connectivity index is 2.09. The van der Waals surface area contributed by atoms with Gasteiger partial charge in [-0.25, -0.2) is 0 Å². The van der Waals surface area contributed by atoms with Gasteiger partial charge < -0.3 is 10.2 Å². The number of hydrogen-bond donors (Lipinski definition) is 1. The molecule has 0 aliphatic carbocycles. The van der Waals surface area contributed by atoms with Gasteiger partial charge in [-0.2, -0.15) is 0 Å². The number of carbonyl (C=O) groups excluding carboxylic acids is 1. The molecule has 1 saturated heterocycles. The van der Waals surface area contributed by atoms with Crippen molar-refractivity contribution in [2.24, 2.45) is 0 Å². The summed E-state index contributed by atoms with van der Waals surface area (Å²) in [4.78, 5) is 14.4. The summed E-state index contributed by atoms with van der Waals surface area (Å²) in [6, 6.07) is 9.92. The zero-order chi connectivity index (χ0) is 12.8. The molecule has 0 saturated carbocycles. The molecule has 0 radical (unpaired) electrons. The van der Waals surface area contributed by atoms with Crippen LogP contribution in [0, 0.1) is 0 Å². The molecule has 2 rings (SSSR count). The zero-order valence-electron chi connectivity index (χ0n) is 11.1. The van der Waals surface area contributed by atoms with Crippen LogP contribution < -0.4 is 10.2 Å². The average Bonchev–Trinajstić information content (AvgIpc) is 2.69. The van der Waals surface area contributed by atoms with Crippen LogP contribution in [-0.2, 0) is 4.79 Å². The highest BCUT2D eigenvalue weighted by Crippen LogP contribution is 2.17. The Hall–Kier alpha value is -1.35. The van der Waals surface area contributed by atoms with E-state index < -0.39 is 0 Å². The highest BCUT2D eigenvalue weighted by Gasteiger charge is 2.24. The number of carbonyl (C=O) groups is 1. The lowest BCUT2D eigenvalue weighted by molar-refractivity contribution is -0.120. The van der Waals surface area contributed by atoms with Crippen molar-refractivity contribution in [1.29, 1.82) is 0 Å². The maximum absolute atomic E-state index is 12.5. The molecule has 1 amide bonds. The van der Waals surface area contributed by atoms with Crippen LogP contribution in [0.25, 0.3) is 0 Å². The number of hydrogen-bond acceptors (Lipinski definition) is 2. The molecule has 1 atom stereocenters. The van der Waals surface area contributed by atoms with Crippen molar-refractivity contribution in [2.45, 2.75) is 38.6 Å². The van der Waals surface area contributed by atoms with Crippen LogP contribution in [0.1, 0.15) is 32.6 Å². The Bertz CT molecular complexity index is 369. The quantitative estimate of drug-likeness (QED) is 0.889. The van der Waals surface area contributed by atoms with E-state index in [0.29, 0.717) is 0 Å². The first-order chi connectivity index (χ1) is 8.83. The van der Waals surface area contributed by atoms with Crippen molar-refractivity contribution in [3.63, 3.8) is 0 Å². The predicted octanol–water partition coefficient (Wildman–Crippen LogP) is 2.57. The summed E-state index contributed by atoms with van der Waals surface area (Å²) in [5.41, 5.74) is 0.996. The van der Waals surface area contributed by atoms with Crippen LogP contribution in [0.3, 0.4) is 0 Å². The summed E-state index contributed by atoms with van der Waals surface area (Å²) in [5.74, 6) is 0.214. The molecule has 0 aromatic heterocycles. The van der Waals surface area contributed by atoms with Gasteiger partial charge in [0.05, 0.1) is 6.04 Å². The van der Waals surface area contributed by atoms with Crippen molar-refractivity contribution < 1.29 is 4.79 Å². The third-order valence-corrected chi connectivity index (χ3v) is 3.51. The van der Waals surface area contributed by atoms with Crippen molar-refractivity contribution in [1.82, 2.24) is 5.32 Å². The predicted molar refractivity (Wildman–Crippen MR) is 74.7 cm³/mol. The van der Waals surface area contributed by atoms with E-state index in [4.69, 9.17) is 0 Å². The van der Waals surface area contributed by atoms with Crippen LogP contribution in [0.5, 0.6) is 0 Å². The second-order valence-electron chi connectivity index (χ2n) is 4.77. The molecule has 1 aliphatic rings. The molecule has 1 unspecified atom stereocenters. The third kappa shape index (κ3) is 3.10. The second kappa shape index (κ2) is 6.55. The number of likely N-dealkylation sites (N-methyl/N-ethyl adjacent to an activating group) is 1. The van der Waals surface area contributed by atoms with Crippen LogP contribution >= 0.6 is 0 Å². The summed E-state index contributed by atoms with van der Waals surface area (Å²) >= 11 is 0. The van der Waals surface area contributed by atoms with Gasteiger partial charge in [0.1, 0.15) is 0 Å². The van der Waals surface area contributed by atoms with Crippen LogP contribution in [0.4, 0.5) is 5.69 Å². The van der Waals surface area contributed by atoms with Crippen molar-refractivity contribution in [3.05, 3.63) is 30.3 Å². The van der Waals surface area contributed by atoms with E-state index in [1.165, 1.54) is 12.8 Å². The zero-order valence-corrected chi connectivity index (χ0v) is 11.1. The molecule has 18 heavy (non-hydrogen) atoms. The molecule has 1 aromatic rings. The van der Waals surface area contributed by atoms with Crippen molar-refractivity contribution in [3.8, 4) is 0 Å². The van der Waals surface area contributed by atoms with Gasteiger partial charge in [0.2, 0.25) is 5.91 Å². The van der Waals surface area contributed by atoms with E-state index in [1.807, 2.05) is 42.2 Å². The molecule has 1 N–H and O–H groups in total. The molecule has 1 aliphatic heterocycles. The SMILES string of the molecule is CCN(C(=O)C1CCCCCN1)c1ccccc1. The maximum Gasteiger partial charge on any atom is 0.244 e. The number of anilines is 1. The number of para-hydroxylation sites is 1. The Labute approximate surface area is 109 Å². The lowest BCUT2D eigenvalue weighted by Gasteiger charge is -2.26. The highest BCUT2D eigenvalue weighted by atomic mass is 16.2. The lowest BCUT2D eigenvalue weighted by atomic mass is 10.1. The van der Waals surface area contributed by atoms with Gasteiger partial charge in [-0.15, -0.1) is 0 Å². The molecule has 1 heterocycles. The van der Waals surface area contributed by atoms with Gasteiger partial charge in [0, 0.05) is 12.2 Å². The fourth-order valence-electron chi connectivity index (χ4n) is 2.50. The molecule has 3 heteroatoms. The topological polar surface area (TPSA) is 32.3 Å². The largest absolute Gasteiger partial charge is 0.311 e. The van der Waals surface area contributed by atoms with Gasteiger partial charge in [0.15, 0.2) is 0 Å². The van der Waals surface area contributed by atoms with Gasteiger partial charge in [0.25, 0.3) is 0 Å². The maximum atomic E-state index is 12.5. The summed E-state index contributed by atoms with van der Waals surface area (Å²) in [5, 5.41) is 3.37. The Kier molecular flexibility index (Phi) is 4.76. The molecule has 0 bridgehead atoms. The number of amides is 1. The van der Waals surface area contributed by atoms with E-state index in [0.717, 1.165) is 31.6 Å². The van der Waals surface area contributed by atoms with Gasteiger partial charge in [-0.1, -0.05) is 31.0 Å². The Morgan fingerprint density at radius 3 is 2.78 bits per heavy atom. The fourth-order valence-corrected chi connectivity index (χ4v) is 2.50. The number of nitrogens with one attached hydrogen (secondary N) is 1. The van der Waals surface area contributed by atoms with Crippen LogP contribution in [-0.4, -0.2) is 25.0 Å². The van der Waals surface area contributed by atoms with Crippen molar-refractivity contribution in [2.75, 3.05) is 18.0 Å². The first kappa shape index (κ1) is 13.1. The molecule has 98 valence electrons. The molecule has 0 spiro atoms. The monoisotopic (exact) mass is 246 g/mol. The second-order valence-corrected chi connectivity index (χ2v) is 4.77. The van der Waals surface area contributed by atoms with Gasteiger partial charge in [-0.3, -0.25) is 4.79 Å². The molecular formula is C15H22N2O. The minimum Gasteiger partial charge on any atom is -0.311 e. The van der Waals surface area contributed by atoms with E-state index >= 15 is 0 Å². The minimum atomic E-state index is -0.00680. The van der Waals surface area contributed by atoms with Crippen LogP contribution in [0.15, 0.2) is 30.3 Å². The van der Waals surface area contributed by atoms with Gasteiger partial charge >= 0.3 is 0 Å². The highest BCUT2D eigenvalue weighted by molar-refractivity contribution is 5.97. The lowest BCUT2D eigenvalue weighted by Crippen LogP contribution is -2.46. The van der Waals surface area contributed by atoms with E-state index in [2.05, 4.69) is 5.32 Å². The third-order valence-electron chi connectivity index (χ3n) is 3.51. The van der Waals surface area contributed by atoms with Crippen molar-refractivity contribution >= 4 is 11.6 Å². The molecule has 3 nitrogen and oxygen atoms in total. The fraction of sp³-hybridized carbons (Fsp3) is 0.533. The summed E-state index contributed by atoms with van der Waals surface area (Å²) in [6.45, 7) is 3.71. The molecule has 1 fully saturated rings. The molecular weight excluding hydrogens is 224 g/mol. The number of nitrogens with zero attached hydrogens (tertiary/aromatic N) is 1. The molecule has 1 aromatic carbocycles. The first-order valence-electron chi connectivity index (χ1n) is 6.92.